The molecular weight excluding hydrogens is 348 g/mol. The van der Waals surface area contributed by atoms with Gasteiger partial charge in [-0.25, -0.2) is 9.97 Å². The molecule has 0 radical (unpaired) electrons. The Morgan fingerprint density at radius 2 is 2.00 bits per heavy atom. The highest BCUT2D eigenvalue weighted by molar-refractivity contribution is 6.35. The van der Waals surface area contributed by atoms with Crippen molar-refractivity contribution in [3.05, 3.63) is 46.1 Å². The fourth-order valence-corrected chi connectivity index (χ4v) is 3.77. The van der Waals surface area contributed by atoms with Gasteiger partial charge in [0.25, 0.3) is 0 Å². The van der Waals surface area contributed by atoms with Crippen LogP contribution in [0.25, 0.3) is 0 Å². The van der Waals surface area contributed by atoms with Crippen molar-refractivity contribution in [2.45, 2.75) is 45.2 Å². The summed E-state index contributed by atoms with van der Waals surface area (Å²) in [5.74, 6) is 0.912. The van der Waals surface area contributed by atoms with Crippen molar-refractivity contribution >= 4 is 23.1 Å². The first-order chi connectivity index (χ1) is 12.5. The second kappa shape index (κ2) is 6.59. The Kier molecular flexibility index (Phi) is 4.40. The van der Waals surface area contributed by atoms with Gasteiger partial charge in [0.15, 0.2) is 0 Å². The topological polar surface area (TPSA) is 80.3 Å². The number of aryl methyl sites for hydroxylation is 1. The van der Waals surface area contributed by atoms with Crippen molar-refractivity contribution in [1.29, 1.82) is 0 Å². The normalized spacial score (nSPS) is 18.6. The Bertz CT molecular complexity index is 870. The van der Waals surface area contributed by atoms with E-state index in [1.165, 1.54) is 0 Å². The number of aliphatic imine (C=N–C) groups is 1. The molecule has 1 saturated heterocycles. The molecule has 0 spiro atoms. The SMILES string of the molecule is CCC1(N)CCN(c2cnc3c(n2)CN=C3c2cc(C)ncc2Cl)CC1. The molecule has 26 heavy (non-hydrogen) atoms. The van der Waals surface area contributed by atoms with Crippen LogP contribution in [-0.2, 0) is 6.54 Å². The molecule has 0 unspecified atom stereocenters. The van der Waals surface area contributed by atoms with E-state index >= 15 is 0 Å². The van der Waals surface area contributed by atoms with Crippen LogP contribution >= 0.6 is 11.6 Å². The van der Waals surface area contributed by atoms with Crippen molar-refractivity contribution in [2.75, 3.05) is 18.0 Å². The van der Waals surface area contributed by atoms with Crippen LogP contribution in [0.5, 0.6) is 0 Å². The van der Waals surface area contributed by atoms with E-state index in [1.807, 2.05) is 19.2 Å². The summed E-state index contributed by atoms with van der Waals surface area (Å²) in [5, 5.41) is 0.586. The highest BCUT2D eigenvalue weighted by Gasteiger charge is 2.30. The number of piperidine rings is 1. The van der Waals surface area contributed by atoms with Gasteiger partial charge in [0, 0.05) is 36.1 Å². The Balaban J connectivity index is 1.58. The summed E-state index contributed by atoms with van der Waals surface area (Å²) in [5.41, 5.74) is 10.7. The van der Waals surface area contributed by atoms with Gasteiger partial charge in [-0.05, 0) is 32.3 Å². The predicted octanol–water partition coefficient (Wildman–Crippen LogP) is 2.89. The van der Waals surface area contributed by atoms with E-state index in [0.717, 1.165) is 66.5 Å². The van der Waals surface area contributed by atoms with E-state index in [4.69, 9.17) is 22.3 Å². The van der Waals surface area contributed by atoms with Crippen LogP contribution < -0.4 is 10.6 Å². The Hall–Kier alpha value is -2.05. The Morgan fingerprint density at radius 3 is 2.73 bits per heavy atom. The third-order valence-electron chi connectivity index (χ3n) is 5.48. The maximum atomic E-state index is 6.40. The Morgan fingerprint density at radius 1 is 1.23 bits per heavy atom. The first kappa shape index (κ1) is 17.4. The van der Waals surface area contributed by atoms with Crippen molar-refractivity contribution in [2.24, 2.45) is 10.7 Å². The van der Waals surface area contributed by atoms with E-state index in [0.29, 0.717) is 11.6 Å². The lowest BCUT2D eigenvalue weighted by Crippen LogP contribution is -2.50. The molecule has 2 aromatic rings. The van der Waals surface area contributed by atoms with E-state index in [1.54, 1.807) is 6.20 Å². The fraction of sp³-hybridized carbons (Fsp3) is 0.474. The summed E-state index contributed by atoms with van der Waals surface area (Å²) in [6.45, 7) is 6.47. The van der Waals surface area contributed by atoms with Gasteiger partial charge in [-0.1, -0.05) is 18.5 Å². The molecule has 0 aromatic carbocycles. The average molecular weight is 371 g/mol. The number of rotatable bonds is 3. The largest absolute Gasteiger partial charge is 0.355 e. The van der Waals surface area contributed by atoms with Crippen LogP contribution in [0, 0.1) is 6.92 Å². The molecule has 0 aliphatic carbocycles. The van der Waals surface area contributed by atoms with Crippen molar-refractivity contribution in [3.8, 4) is 0 Å². The molecule has 2 aliphatic rings. The number of nitrogens with zero attached hydrogens (tertiary/aromatic N) is 5. The van der Waals surface area contributed by atoms with Crippen LogP contribution in [0.4, 0.5) is 5.82 Å². The highest BCUT2D eigenvalue weighted by atomic mass is 35.5. The summed E-state index contributed by atoms with van der Waals surface area (Å²) in [7, 11) is 0. The second-order valence-corrected chi connectivity index (χ2v) is 7.60. The first-order valence-corrected chi connectivity index (χ1v) is 9.44. The minimum Gasteiger partial charge on any atom is -0.355 e. The van der Waals surface area contributed by atoms with Gasteiger partial charge in [-0.15, -0.1) is 0 Å². The van der Waals surface area contributed by atoms with Gasteiger partial charge in [0.05, 0.1) is 29.2 Å². The van der Waals surface area contributed by atoms with Crippen LogP contribution in [0.3, 0.4) is 0 Å². The third kappa shape index (κ3) is 3.08. The number of aromatic nitrogens is 3. The Labute approximate surface area is 158 Å². The zero-order valence-electron chi connectivity index (χ0n) is 15.2. The van der Waals surface area contributed by atoms with E-state index in [2.05, 4.69) is 26.8 Å². The summed E-state index contributed by atoms with van der Waals surface area (Å²) in [6, 6.07) is 1.95. The molecule has 6 nitrogen and oxygen atoms in total. The number of pyridine rings is 1. The quantitative estimate of drug-likeness (QED) is 0.898. The lowest BCUT2D eigenvalue weighted by molar-refractivity contribution is 0.322. The van der Waals surface area contributed by atoms with Gasteiger partial charge in [-0.2, -0.15) is 0 Å². The lowest BCUT2D eigenvalue weighted by atomic mass is 9.86. The van der Waals surface area contributed by atoms with Gasteiger partial charge in [0.2, 0.25) is 0 Å². The standard InChI is InChI=1S/C19H23ClN6/c1-3-19(21)4-6-26(7-5-19)16-11-24-18-15(25-16)10-23-17(18)13-8-12(2)22-9-14(13)20/h8-9,11H,3-7,10,21H2,1-2H3. The predicted molar refractivity (Wildman–Crippen MR) is 104 cm³/mol. The summed E-state index contributed by atoms with van der Waals surface area (Å²) in [6.07, 6.45) is 6.48. The maximum absolute atomic E-state index is 6.40. The number of fused-ring (bicyclic) bond motifs is 1. The third-order valence-corrected chi connectivity index (χ3v) is 5.78. The molecule has 4 rings (SSSR count). The molecule has 0 amide bonds. The van der Waals surface area contributed by atoms with Crippen molar-refractivity contribution in [1.82, 2.24) is 15.0 Å². The van der Waals surface area contributed by atoms with Crippen molar-refractivity contribution < 1.29 is 0 Å². The average Bonchev–Trinajstić information content (AvgIpc) is 3.07. The molecule has 0 atom stereocenters. The van der Waals surface area contributed by atoms with Crippen LogP contribution in [0.2, 0.25) is 5.02 Å². The van der Waals surface area contributed by atoms with Crippen molar-refractivity contribution in [3.63, 3.8) is 0 Å². The van der Waals surface area contributed by atoms with Crippen LogP contribution in [0.1, 0.15) is 48.8 Å². The zero-order chi connectivity index (χ0) is 18.3. The minimum atomic E-state index is -0.0348. The van der Waals surface area contributed by atoms with Gasteiger partial charge < -0.3 is 10.6 Å². The molecule has 2 N–H and O–H groups in total. The molecule has 7 heteroatoms. The molecule has 2 aliphatic heterocycles. The summed E-state index contributed by atoms with van der Waals surface area (Å²) in [4.78, 5) is 20.6. The van der Waals surface area contributed by atoms with Gasteiger partial charge >= 0.3 is 0 Å². The first-order valence-electron chi connectivity index (χ1n) is 9.06. The molecule has 1 fully saturated rings. The van der Waals surface area contributed by atoms with E-state index < -0.39 is 0 Å². The number of halogens is 1. The highest BCUT2D eigenvalue weighted by Crippen LogP contribution is 2.29. The number of anilines is 1. The molecule has 0 saturated carbocycles. The lowest BCUT2D eigenvalue weighted by Gasteiger charge is -2.39. The monoisotopic (exact) mass is 370 g/mol. The number of hydrogen-bond acceptors (Lipinski definition) is 6. The number of nitrogens with two attached hydrogens (primary N) is 1. The maximum Gasteiger partial charge on any atom is 0.147 e. The second-order valence-electron chi connectivity index (χ2n) is 7.20. The zero-order valence-corrected chi connectivity index (χ0v) is 15.9. The summed E-state index contributed by atoms with van der Waals surface area (Å²) >= 11 is 6.32. The van der Waals surface area contributed by atoms with E-state index in [-0.39, 0.29) is 5.54 Å². The smallest absolute Gasteiger partial charge is 0.147 e. The summed E-state index contributed by atoms with van der Waals surface area (Å²) < 4.78 is 0. The minimum absolute atomic E-state index is 0.0348. The molecule has 4 heterocycles. The van der Waals surface area contributed by atoms with Gasteiger partial charge in [-0.3, -0.25) is 9.98 Å². The molecular formula is C19H23ClN6. The van der Waals surface area contributed by atoms with E-state index in [9.17, 15) is 0 Å². The van der Waals surface area contributed by atoms with Crippen LogP contribution in [-0.4, -0.2) is 39.3 Å². The molecule has 2 aromatic heterocycles. The fourth-order valence-electron chi connectivity index (χ4n) is 3.58. The van der Waals surface area contributed by atoms with Gasteiger partial charge in [0.1, 0.15) is 11.5 Å². The molecule has 0 bridgehead atoms. The van der Waals surface area contributed by atoms with Crippen LogP contribution in [0.15, 0.2) is 23.5 Å². The molecule has 136 valence electrons. The number of hydrogen-bond donors (Lipinski definition) is 1.